The molecule has 3 nitrogen and oxygen atoms in total. The fourth-order valence-corrected chi connectivity index (χ4v) is 2.64. The molecule has 1 aromatic carbocycles. The normalized spacial score (nSPS) is 10.5. The van der Waals surface area contributed by atoms with E-state index in [9.17, 15) is 4.79 Å². The summed E-state index contributed by atoms with van der Waals surface area (Å²) in [6.07, 6.45) is 0.358. The van der Waals surface area contributed by atoms with Gasteiger partial charge in [0.05, 0.1) is 18.0 Å². The molecule has 1 aromatic heterocycles. The van der Waals surface area contributed by atoms with E-state index in [2.05, 4.69) is 17.2 Å². The molecule has 0 aliphatic heterocycles. The summed E-state index contributed by atoms with van der Waals surface area (Å²) in [6, 6.07) is 6.06. The molecule has 0 radical (unpaired) electrons. The highest BCUT2D eigenvalue weighted by Crippen LogP contribution is 2.17. The highest BCUT2D eigenvalue weighted by atomic mass is 35.5. The average molecular weight is 295 g/mol. The van der Waals surface area contributed by atoms with Gasteiger partial charge in [0.25, 0.3) is 0 Å². The van der Waals surface area contributed by atoms with E-state index in [0.717, 1.165) is 11.3 Å². The summed E-state index contributed by atoms with van der Waals surface area (Å²) < 4.78 is 0. The smallest absolute Gasteiger partial charge is 0.230 e. The number of hydrogen-bond donors (Lipinski definition) is 1. The summed E-state index contributed by atoms with van der Waals surface area (Å²) in [5.41, 5.74) is 4.22. The van der Waals surface area contributed by atoms with E-state index in [1.807, 2.05) is 30.5 Å². The molecule has 0 aliphatic rings. The number of hydrogen-bond acceptors (Lipinski definition) is 3. The van der Waals surface area contributed by atoms with E-state index in [1.165, 1.54) is 22.5 Å². The van der Waals surface area contributed by atoms with Crippen molar-refractivity contribution in [1.29, 1.82) is 0 Å². The van der Waals surface area contributed by atoms with Crippen molar-refractivity contribution >= 4 is 34.0 Å². The second-order valence-corrected chi connectivity index (χ2v) is 5.55. The molecule has 100 valence electrons. The van der Waals surface area contributed by atoms with E-state index in [-0.39, 0.29) is 5.91 Å². The topological polar surface area (TPSA) is 42.0 Å². The molecule has 0 spiro atoms. The monoisotopic (exact) mass is 294 g/mol. The Morgan fingerprint density at radius 2 is 2.16 bits per heavy atom. The third-order valence-corrected chi connectivity index (χ3v) is 3.95. The third-order valence-electron chi connectivity index (χ3n) is 2.87. The van der Waals surface area contributed by atoms with E-state index in [0.29, 0.717) is 17.4 Å². The van der Waals surface area contributed by atoms with Crippen molar-refractivity contribution in [1.82, 2.24) is 4.98 Å². The van der Waals surface area contributed by atoms with Crippen molar-refractivity contribution in [2.45, 2.75) is 26.1 Å². The van der Waals surface area contributed by atoms with E-state index in [1.54, 1.807) is 0 Å². The van der Waals surface area contributed by atoms with Crippen LogP contribution in [0, 0.1) is 13.8 Å². The summed E-state index contributed by atoms with van der Waals surface area (Å²) in [5.74, 6) is 0.308. The number of amides is 1. The Labute approximate surface area is 121 Å². The molecule has 0 fully saturated rings. The van der Waals surface area contributed by atoms with Crippen LogP contribution in [-0.2, 0) is 17.1 Å². The molecule has 1 N–H and O–H groups in total. The SMILES string of the molecule is Cc1ccc(CC(=O)Nc2nc(CCl)cs2)cc1C. The summed E-state index contributed by atoms with van der Waals surface area (Å²) in [6.45, 7) is 4.10. The molecular weight excluding hydrogens is 280 g/mol. The van der Waals surface area contributed by atoms with Crippen molar-refractivity contribution < 1.29 is 4.79 Å². The zero-order chi connectivity index (χ0) is 13.8. The molecule has 0 atom stereocenters. The lowest BCUT2D eigenvalue weighted by Gasteiger charge is -2.05. The summed E-state index contributed by atoms with van der Waals surface area (Å²) >= 11 is 7.06. The highest BCUT2D eigenvalue weighted by molar-refractivity contribution is 7.13. The van der Waals surface area contributed by atoms with Gasteiger partial charge in [-0.1, -0.05) is 18.2 Å². The van der Waals surface area contributed by atoms with E-state index < -0.39 is 0 Å². The second-order valence-electron chi connectivity index (χ2n) is 4.42. The number of anilines is 1. The van der Waals surface area contributed by atoms with Gasteiger partial charge in [0.2, 0.25) is 5.91 Å². The van der Waals surface area contributed by atoms with Gasteiger partial charge in [0.1, 0.15) is 0 Å². The van der Waals surface area contributed by atoms with Crippen LogP contribution in [0.4, 0.5) is 5.13 Å². The Morgan fingerprint density at radius 1 is 1.37 bits per heavy atom. The zero-order valence-corrected chi connectivity index (χ0v) is 12.4. The summed E-state index contributed by atoms with van der Waals surface area (Å²) in [5, 5.41) is 5.24. The Bertz CT molecular complexity index is 595. The van der Waals surface area contributed by atoms with Gasteiger partial charge in [-0.2, -0.15) is 0 Å². The van der Waals surface area contributed by atoms with Crippen LogP contribution in [0.15, 0.2) is 23.6 Å². The molecule has 0 saturated heterocycles. The quantitative estimate of drug-likeness (QED) is 0.874. The molecule has 0 aliphatic carbocycles. The first-order valence-corrected chi connectivity index (χ1v) is 7.36. The zero-order valence-electron chi connectivity index (χ0n) is 10.9. The van der Waals surface area contributed by atoms with Crippen LogP contribution < -0.4 is 5.32 Å². The van der Waals surface area contributed by atoms with Crippen LogP contribution in [0.25, 0.3) is 0 Å². The fraction of sp³-hybridized carbons (Fsp3) is 0.286. The van der Waals surface area contributed by atoms with Crippen LogP contribution >= 0.6 is 22.9 Å². The van der Waals surface area contributed by atoms with Crippen molar-refractivity contribution in [3.8, 4) is 0 Å². The Hall–Kier alpha value is -1.39. The van der Waals surface area contributed by atoms with Crippen LogP contribution in [-0.4, -0.2) is 10.9 Å². The Balaban J connectivity index is 1.98. The van der Waals surface area contributed by atoms with Crippen molar-refractivity contribution in [2.75, 3.05) is 5.32 Å². The van der Waals surface area contributed by atoms with Crippen LogP contribution in [0.3, 0.4) is 0 Å². The van der Waals surface area contributed by atoms with Crippen molar-refractivity contribution in [3.05, 3.63) is 46.0 Å². The predicted octanol–water partition coefficient (Wildman–Crippen LogP) is 3.68. The number of aryl methyl sites for hydroxylation is 2. The number of alkyl halides is 1. The largest absolute Gasteiger partial charge is 0.302 e. The minimum absolute atomic E-state index is 0.0567. The number of thiazole rings is 1. The lowest BCUT2D eigenvalue weighted by Crippen LogP contribution is -2.14. The number of carbonyl (C=O) groups is 1. The van der Waals surface area contributed by atoms with Gasteiger partial charge in [-0.15, -0.1) is 22.9 Å². The molecule has 2 rings (SSSR count). The second kappa shape index (κ2) is 6.17. The maximum Gasteiger partial charge on any atom is 0.230 e. The van der Waals surface area contributed by atoms with Gasteiger partial charge >= 0.3 is 0 Å². The first-order valence-electron chi connectivity index (χ1n) is 5.95. The predicted molar refractivity (Wildman–Crippen MR) is 79.9 cm³/mol. The van der Waals surface area contributed by atoms with E-state index >= 15 is 0 Å². The maximum atomic E-state index is 11.9. The fourth-order valence-electron chi connectivity index (χ4n) is 1.69. The van der Waals surface area contributed by atoms with Gasteiger partial charge in [0, 0.05) is 5.38 Å². The summed E-state index contributed by atoms with van der Waals surface area (Å²) in [7, 11) is 0. The number of nitrogens with one attached hydrogen (secondary N) is 1. The molecule has 5 heteroatoms. The lowest BCUT2D eigenvalue weighted by atomic mass is 10.0. The molecule has 2 aromatic rings. The van der Waals surface area contributed by atoms with Crippen molar-refractivity contribution in [2.24, 2.45) is 0 Å². The summed E-state index contributed by atoms with van der Waals surface area (Å²) in [4.78, 5) is 16.1. The Kier molecular flexibility index (Phi) is 4.56. The van der Waals surface area contributed by atoms with Gasteiger partial charge in [-0.25, -0.2) is 4.98 Å². The van der Waals surface area contributed by atoms with Gasteiger partial charge in [0.15, 0.2) is 5.13 Å². The molecule has 0 unspecified atom stereocenters. The average Bonchev–Trinajstić information content (AvgIpc) is 2.81. The standard InChI is InChI=1S/C14H15ClN2OS/c1-9-3-4-11(5-10(9)2)6-13(18)17-14-16-12(7-15)8-19-14/h3-5,8H,6-7H2,1-2H3,(H,16,17,18). The van der Waals surface area contributed by atoms with Gasteiger partial charge in [-0.3, -0.25) is 4.79 Å². The molecule has 0 saturated carbocycles. The molecule has 1 heterocycles. The first kappa shape index (κ1) is 14.0. The highest BCUT2D eigenvalue weighted by Gasteiger charge is 2.08. The Morgan fingerprint density at radius 3 is 2.79 bits per heavy atom. The van der Waals surface area contributed by atoms with Crippen LogP contribution in [0.2, 0.25) is 0 Å². The number of halogens is 1. The number of aromatic nitrogens is 1. The van der Waals surface area contributed by atoms with Gasteiger partial charge in [-0.05, 0) is 30.5 Å². The van der Waals surface area contributed by atoms with Crippen LogP contribution in [0.5, 0.6) is 0 Å². The molecular formula is C14H15ClN2OS. The first-order chi connectivity index (χ1) is 9.08. The number of carbonyl (C=O) groups excluding carboxylic acids is 1. The number of rotatable bonds is 4. The van der Waals surface area contributed by atoms with Crippen LogP contribution in [0.1, 0.15) is 22.4 Å². The molecule has 1 amide bonds. The number of benzene rings is 1. The minimum Gasteiger partial charge on any atom is -0.302 e. The lowest BCUT2D eigenvalue weighted by molar-refractivity contribution is -0.115. The number of nitrogens with zero attached hydrogens (tertiary/aromatic N) is 1. The van der Waals surface area contributed by atoms with Gasteiger partial charge < -0.3 is 5.32 Å². The third kappa shape index (κ3) is 3.78. The minimum atomic E-state index is -0.0567. The molecule has 19 heavy (non-hydrogen) atoms. The maximum absolute atomic E-state index is 11.9. The van der Waals surface area contributed by atoms with E-state index in [4.69, 9.17) is 11.6 Å². The van der Waals surface area contributed by atoms with Crippen molar-refractivity contribution in [3.63, 3.8) is 0 Å². The molecule has 0 bridgehead atoms.